The summed E-state index contributed by atoms with van der Waals surface area (Å²) in [5.41, 5.74) is 0.249. The predicted molar refractivity (Wildman–Crippen MR) is 82.8 cm³/mol. The molecule has 0 amide bonds. The van der Waals surface area contributed by atoms with Crippen LogP contribution in [0.15, 0.2) is 12.1 Å². The summed E-state index contributed by atoms with van der Waals surface area (Å²) >= 11 is 4.22. The zero-order chi connectivity index (χ0) is 12.5. The molecule has 1 N–H and O–H groups in total. The molecule has 0 unspecified atom stereocenters. The predicted octanol–water partition coefficient (Wildman–Crippen LogP) is 3.81. The number of hydrogen-bond donors (Lipinski definition) is 1. The summed E-state index contributed by atoms with van der Waals surface area (Å²) in [4.78, 5) is 11.1. The van der Waals surface area contributed by atoms with Gasteiger partial charge in [-0.05, 0) is 77.0 Å². The highest BCUT2D eigenvalue weighted by Crippen LogP contribution is 2.30. The van der Waals surface area contributed by atoms with Crippen LogP contribution < -0.4 is 4.43 Å². The minimum Gasteiger partial charge on any atom is -0.543 e. The number of benzene rings is 1. The number of rotatable bonds is 3. The molecule has 1 aromatic carbocycles. The third-order valence-electron chi connectivity index (χ3n) is 1.65. The van der Waals surface area contributed by atoms with Crippen LogP contribution in [0.5, 0.6) is 5.75 Å². The van der Waals surface area contributed by atoms with Gasteiger partial charge in [0.15, 0.2) is 0 Å². The molecule has 0 aromatic heterocycles. The third kappa shape index (κ3) is 3.88. The van der Waals surface area contributed by atoms with Crippen LogP contribution >= 0.6 is 45.2 Å². The second kappa shape index (κ2) is 5.21. The van der Waals surface area contributed by atoms with E-state index in [1.807, 2.05) is 25.7 Å². The summed E-state index contributed by atoms with van der Waals surface area (Å²) in [7, 11) is -1.79. The highest BCUT2D eigenvalue weighted by atomic mass is 127. The topological polar surface area (TPSA) is 46.5 Å². The summed E-state index contributed by atoms with van der Waals surface area (Å²) in [6.07, 6.45) is 0. The molecule has 0 aliphatic heterocycles. The fraction of sp³-hybridized carbons (Fsp3) is 0.300. The number of halogens is 2. The molecular weight excluding hydrogens is 450 g/mol. The molecule has 1 rings (SSSR count). The van der Waals surface area contributed by atoms with E-state index in [0.29, 0.717) is 5.75 Å². The van der Waals surface area contributed by atoms with Gasteiger partial charge in [-0.3, -0.25) is 0 Å². The van der Waals surface area contributed by atoms with Crippen LogP contribution in [0.3, 0.4) is 0 Å². The van der Waals surface area contributed by atoms with Crippen LogP contribution in [0.4, 0.5) is 0 Å². The average molecular weight is 462 g/mol. The first-order valence-electron chi connectivity index (χ1n) is 4.62. The number of carboxylic acid groups (broad SMARTS) is 1. The van der Waals surface area contributed by atoms with Gasteiger partial charge < -0.3 is 9.53 Å². The summed E-state index contributed by atoms with van der Waals surface area (Å²) in [6, 6.07) is 3.56. The Labute approximate surface area is 123 Å². The minimum atomic E-state index is -1.79. The summed E-state index contributed by atoms with van der Waals surface area (Å²) in [6.45, 7) is 6.10. The van der Waals surface area contributed by atoms with Crippen molar-refractivity contribution in [1.82, 2.24) is 0 Å². The average Bonchev–Trinajstić information content (AvgIpc) is 2.07. The van der Waals surface area contributed by atoms with Crippen molar-refractivity contribution in [2.45, 2.75) is 19.6 Å². The smallest absolute Gasteiger partial charge is 0.339 e. The van der Waals surface area contributed by atoms with Crippen molar-refractivity contribution in [2.75, 3.05) is 0 Å². The summed E-state index contributed by atoms with van der Waals surface area (Å²) < 4.78 is 7.58. The highest BCUT2D eigenvalue weighted by molar-refractivity contribution is 14.1. The number of carboxylic acids is 1. The van der Waals surface area contributed by atoms with E-state index in [1.165, 1.54) is 0 Å². The number of hydrogen-bond acceptors (Lipinski definition) is 2. The largest absolute Gasteiger partial charge is 0.543 e. The molecule has 16 heavy (non-hydrogen) atoms. The lowest BCUT2D eigenvalue weighted by Gasteiger charge is -2.22. The van der Waals surface area contributed by atoms with Gasteiger partial charge in [-0.2, -0.15) is 0 Å². The Morgan fingerprint density at radius 1 is 1.31 bits per heavy atom. The molecular formula is C10H12I2O3Si. The maximum Gasteiger partial charge on any atom is 0.339 e. The van der Waals surface area contributed by atoms with E-state index in [4.69, 9.17) is 9.53 Å². The van der Waals surface area contributed by atoms with Crippen molar-refractivity contribution in [1.29, 1.82) is 0 Å². The van der Waals surface area contributed by atoms with E-state index >= 15 is 0 Å². The number of aromatic carboxylic acids is 1. The lowest BCUT2D eigenvalue weighted by molar-refractivity contribution is 0.0694. The normalized spacial score (nSPS) is 11.3. The Hall–Kier alpha value is 0.167. The van der Waals surface area contributed by atoms with Gasteiger partial charge in [0.05, 0.1) is 3.57 Å². The van der Waals surface area contributed by atoms with Gasteiger partial charge in [0.2, 0.25) is 8.32 Å². The SMILES string of the molecule is C[Si](C)(C)Oc1c(I)cc(I)cc1C(=O)O. The van der Waals surface area contributed by atoms with Gasteiger partial charge in [0.1, 0.15) is 11.3 Å². The molecule has 0 atom stereocenters. The summed E-state index contributed by atoms with van der Waals surface area (Å²) in [5, 5.41) is 9.14. The van der Waals surface area contributed by atoms with Crippen LogP contribution in [0, 0.1) is 7.14 Å². The second-order valence-corrected chi connectivity index (χ2v) is 11.1. The van der Waals surface area contributed by atoms with Crippen LogP contribution in [0.1, 0.15) is 10.4 Å². The molecule has 0 heterocycles. The molecule has 0 bridgehead atoms. The van der Waals surface area contributed by atoms with E-state index < -0.39 is 14.3 Å². The third-order valence-corrected chi connectivity index (χ3v) is 3.89. The van der Waals surface area contributed by atoms with Gasteiger partial charge in [-0.15, -0.1) is 0 Å². The summed E-state index contributed by atoms with van der Waals surface area (Å²) in [5.74, 6) is -0.433. The fourth-order valence-corrected chi connectivity index (χ4v) is 4.12. The Morgan fingerprint density at radius 3 is 2.31 bits per heavy atom. The van der Waals surface area contributed by atoms with E-state index in [-0.39, 0.29) is 5.56 Å². The van der Waals surface area contributed by atoms with E-state index in [1.54, 1.807) is 6.07 Å². The Bertz CT molecular complexity index is 427. The van der Waals surface area contributed by atoms with Gasteiger partial charge in [-0.25, -0.2) is 4.79 Å². The molecule has 0 saturated carbocycles. The fourth-order valence-electron chi connectivity index (χ4n) is 1.13. The van der Waals surface area contributed by atoms with Crippen molar-refractivity contribution < 1.29 is 14.3 Å². The van der Waals surface area contributed by atoms with Gasteiger partial charge in [-0.1, -0.05) is 0 Å². The maximum atomic E-state index is 11.1. The molecule has 88 valence electrons. The molecule has 3 nitrogen and oxygen atoms in total. The van der Waals surface area contributed by atoms with Gasteiger partial charge in [0, 0.05) is 3.57 Å². The first-order valence-corrected chi connectivity index (χ1v) is 10.2. The van der Waals surface area contributed by atoms with Crippen molar-refractivity contribution in [3.63, 3.8) is 0 Å². The lowest BCUT2D eigenvalue weighted by Crippen LogP contribution is -2.30. The minimum absolute atomic E-state index is 0.249. The molecule has 1 aromatic rings. The number of carbonyl (C=O) groups is 1. The first-order chi connectivity index (χ1) is 7.20. The highest BCUT2D eigenvalue weighted by Gasteiger charge is 2.23. The van der Waals surface area contributed by atoms with Crippen LogP contribution in [0.25, 0.3) is 0 Å². The molecule has 0 spiro atoms. The monoisotopic (exact) mass is 462 g/mol. The Balaban J connectivity index is 3.30. The van der Waals surface area contributed by atoms with Gasteiger partial charge in [0.25, 0.3) is 0 Å². The Morgan fingerprint density at radius 2 is 1.88 bits per heavy atom. The second-order valence-electron chi connectivity index (χ2n) is 4.28. The van der Waals surface area contributed by atoms with E-state index in [2.05, 4.69) is 45.2 Å². The van der Waals surface area contributed by atoms with Crippen molar-refractivity contribution in [3.05, 3.63) is 24.8 Å². The van der Waals surface area contributed by atoms with Gasteiger partial charge >= 0.3 is 5.97 Å². The first kappa shape index (κ1) is 14.2. The van der Waals surface area contributed by atoms with Crippen molar-refractivity contribution >= 4 is 59.5 Å². The molecule has 6 heteroatoms. The van der Waals surface area contributed by atoms with Crippen molar-refractivity contribution in [3.8, 4) is 5.75 Å². The molecule has 0 saturated heterocycles. The van der Waals surface area contributed by atoms with Crippen LogP contribution in [-0.4, -0.2) is 19.4 Å². The quantitative estimate of drug-likeness (QED) is 0.550. The standard InChI is InChI=1S/C10H12I2O3Si/c1-16(2,3)15-9-7(10(13)14)4-6(11)5-8(9)12/h4-5H,1-3H3,(H,13,14). The zero-order valence-corrected chi connectivity index (χ0v) is 14.5. The molecule has 0 aliphatic rings. The zero-order valence-electron chi connectivity index (χ0n) is 9.17. The molecule has 0 radical (unpaired) electrons. The molecule has 0 fully saturated rings. The van der Waals surface area contributed by atoms with E-state index in [9.17, 15) is 4.79 Å². The molecule has 0 aliphatic carbocycles. The van der Waals surface area contributed by atoms with Crippen LogP contribution in [0.2, 0.25) is 19.6 Å². The van der Waals surface area contributed by atoms with Crippen molar-refractivity contribution in [2.24, 2.45) is 0 Å². The lowest BCUT2D eigenvalue weighted by atomic mass is 10.2. The van der Waals surface area contributed by atoms with E-state index in [0.717, 1.165) is 7.14 Å². The van der Waals surface area contributed by atoms with Crippen LogP contribution in [-0.2, 0) is 0 Å². The maximum absolute atomic E-state index is 11.1. The Kier molecular flexibility index (Phi) is 4.64.